The number of hydrogen-bond acceptors (Lipinski definition) is 6. The lowest BCUT2D eigenvalue weighted by molar-refractivity contribution is -0.142. The molecule has 0 aliphatic carbocycles. The Morgan fingerprint density at radius 2 is 1.89 bits per heavy atom. The maximum Gasteiger partial charge on any atom is 0.406 e. The lowest BCUT2D eigenvalue weighted by Gasteiger charge is -2.37. The van der Waals surface area contributed by atoms with Crippen LogP contribution >= 0.6 is 23.2 Å². The lowest BCUT2D eigenvalue weighted by atomic mass is 9.76. The first kappa shape index (κ1) is 26.8. The molecule has 1 fully saturated rings. The van der Waals surface area contributed by atoms with Crippen LogP contribution in [0.4, 0.5) is 13.2 Å². The summed E-state index contributed by atoms with van der Waals surface area (Å²) in [6.45, 7) is -0.653. The van der Waals surface area contributed by atoms with Crippen LogP contribution in [0, 0.1) is 0 Å². The first-order valence-electron chi connectivity index (χ1n) is 11.0. The third-order valence-electron chi connectivity index (χ3n) is 5.98. The van der Waals surface area contributed by atoms with Crippen LogP contribution in [0.2, 0.25) is 10.2 Å². The Balaban J connectivity index is 1.62. The molecule has 1 N–H and O–H groups in total. The zero-order valence-corrected chi connectivity index (χ0v) is 20.6. The molecule has 3 heterocycles. The predicted octanol–water partition coefficient (Wildman–Crippen LogP) is 3.14. The molecule has 2 aromatic heterocycles. The Bertz CT molecular complexity index is 1420. The van der Waals surface area contributed by atoms with E-state index in [1.165, 1.54) is 0 Å². The van der Waals surface area contributed by atoms with Gasteiger partial charge in [0.2, 0.25) is 0 Å². The minimum Gasteiger partial charge on any atom is -0.380 e. The molecule has 0 bridgehead atoms. The molecule has 1 unspecified atom stereocenters. The maximum absolute atomic E-state index is 13.1. The van der Waals surface area contributed by atoms with Crippen LogP contribution in [-0.4, -0.2) is 51.2 Å². The molecule has 3 aromatic rings. The number of alkyl halides is 3. The summed E-state index contributed by atoms with van der Waals surface area (Å²) in [7, 11) is 0. The van der Waals surface area contributed by atoms with Gasteiger partial charge in [0.1, 0.15) is 17.9 Å². The molecule has 0 spiro atoms. The first-order chi connectivity index (χ1) is 17.5. The van der Waals surface area contributed by atoms with E-state index in [4.69, 9.17) is 27.9 Å². The molecule has 37 heavy (non-hydrogen) atoms. The summed E-state index contributed by atoms with van der Waals surface area (Å²) in [5.74, 6) is -0.630. The van der Waals surface area contributed by atoms with Gasteiger partial charge in [0.25, 0.3) is 11.5 Å². The van der Waals surface area contributed by atoms with E-state index >= 15 is 0 Å². The number of nitrogens with zero attached hydrogens (tertiary/aromatic N) is 4. The van der Waals surface area contributed by atoms with Crippen LogP contribution in [0.3, 0.4) is 0 Å². The highest BCUT2D eigenvalue weighted by Gasteiger charge is 2.35. The van der Waals surface area contributed by atoms with Gasteiger partial charge >= 0.3 is 11.9 Å². The van der Waals surface area contributed by atoms with Crippen molar-refractivity contribution in [3.05, 3.63) is 84.9 Å². The molecule has 196 valence electrons. The Morgan fingerprint density at radius 1 is 1.16 bits per heavy atom. The number of benzene rings is 1. The van der Waals surface area contributed by atoms with Crippen LogP contribution in [0.15, 0.2) is 52.3 Å². The minimum absolute atomic E-state index is 0.0136. The number of hydrogen-bond donors (Lipinski definition) is 1. The van der Waals surface area contributed by atoms with E-state index in [1.807, 2.05) is 12.1 Å². The molecular weight excluding hydrogens is 538 g/mol. The second kappa shape index (κ2) is 10.6. The summed E-state index contributed by atoms with van der Waals surface area (Å²) in [5, 5.41) is 6.80. The second-order valence-electron chi connectivity index (χ2n) is 8.54. The highest BCUT2D eigenvalue weighted by atomic mass is 35.5. The molecule has 1 saturated heterocycles. The summed E-state index contributed by atoms with van der Waals surface area (Å²) in [4.78, 5) is 41.4. The van der Waals surface area contributed by atoms with Crippen molar-refractivity contribution in [3.63, 3.8) is 0 Å². The fraction of sp³-hybridized carbons (Fsp3) is 0.348. The Hall–Kier alpha value is -3.22. The van der Waals surface area contributed by atoms with E-state index in [0.29, 0.717) is 29.1 Å². The number of aromatic nitrogens is 4. The molecule has 14 heteroatoms. The molecule has 1 amide bonds. The van der Waals surface area contributed by atoms with Gasteiger partial charge in [-0.1, -0.05) is 35.3 Å². The standard InChI is InChI=1S/C23H20Cl2F3N5O4/c24-15-4-2-14(3-5-15)22(6-1-7-37-13-22)11-30-20(35)17-8-16(9-29-19(17)25)33-21(36)32(12-23(26,27)28)18(34)10-31-33/h2-5,8-10H,1,6-7,11-13H2,(H,30,35). The van der Waals surface area contributed by atoms with E-state index in [1.54, 1.807) is 12.1 Å². The smallest absolute Gasteiger partial charge is 0.380 e. The highest BCUT2D eigenvalue weighted by Crippen LogP contribution is 2.33. The number of carbonyl (C=O) groups excluding carboxylic acids is 1. The molecule has 4 rings (SSSR count). The van der Waals surface area contributed by atoms with Crippen molar-refractivity contribution in [3.8, 4) is 5.69 Å². The molecule has 0 saturated carbocycles. The van der Waals surface area contributed by atoms with Crippen LogP contribution in [0.5, 0.6) is 0 Å². The number of ether oxygens (including phenoxy) is 1. The molecule has 1 aliphatic heterocycles. The third-order valence-corrected chi connectivity index (χ3v) is 6.53. The first-order valence-corrected chi connectivity index (χ1v) is 11.8. The zero-order valence-electron chi connectivity index (χ0n) is 19.1. The van der Waals surface area contributed by atoms with Gasteiger partial charge in [0.05, 0.1) is 24.1 Å². The van der Waals surface area contributed by atoms with Gasteiger partial charge in [-0.05, 0) is 36.6 Å². The topological polar surface area (TPSA) is 108 Å². The number of halogens is 5. The van der Waals surface area contributed by atoms with Crippen molar-refractivity contribution in [2.45, 2.75) is 31.0 Å². The van der Waals surface area contributed by atoms with Crippen molar-refractivity contribution in [1.29, 1.82) is 0 Å². The van der Waals surface area contributed by atoms with Gasteiger partial charge in [0.15, 0.2) is 0 Å². The van der Waals surface area contributed by atoms with Crippen molar-refractivity contribution in [2.24, 2.45) is 0 Å². The van der Waals surface area contributed by atoms with E-state index < -0.39 is 35.3 Å². The van der Waals surface area contributed by atoms with Gasteiger partial charge < -0.3 is 10.1 Å². The van der Waals surface area contributed by atoms with Gasteiger partial charge in [-0.3, -0.25) is 9.59 Å². The van der Waals surface area contributed by atoms with Gasteiger partial charge in [-0.25, -0.2) is 14.3 Å². The van der Waals surface area contributed by atoms with Gasteiger partial charge in [-0.2, -0.15) is 23.0 Å². The van der Waals surface area contributed by atoms with Gasteiger partial charge in [0, 0.05) is 23.6 Å². The fourth-order valence-electron chi connectivity index (χ4n) is 4.12. The van der Waals surface area contributed by atoms with Crippen LogP contribution < -0.4 is 16.6 Å². The highest BCUT2D eigenvalue weighted by molar-refractivity contribution is 6.32. The molecule has 9 nitrogen and oxygen atoms in total. The van der Waals surface area contributed by atoms with E-state index in [9.17, 15) is 27.6 Å². The summed E-state index contributed by atoms with van der Waals surface area (Å²) in [5.41, 5.74) is -2.45. The fourth-order valence-corrected chi connectivity index (χ4v) is 4.43. The van der Waals surface area contributed by atoms with Gasteiger partial charge in [-0.15, -0.1) is 0 Å². The van der Waals surface area contributed by atoms with E-state index in [2.05, 4.69) is 15.4 Å². The summed E-state index contributed by atoms with van der Waals surface area (Å²) < 4.78 is 44.8. The predicted molar refractivity (Wildman–Crippen MR) is 128 cm³/mol. The summed E-state index contributed by atoms with van der Waals surface area (Å²) >= 11 is 12.2. The Morgan fingerprint density at radius 3 is 2.54 bits per heavy atom. The third kappa shape index (κ3) is 6.03. The summed E-state index contributed by atoms with van der Waals surface area (Å²) in [6, 6.07) is 8.40. The van der Waals surface area contributed by atoms with Crippen LogP contribution in [0.1, 0.15) is 28.8 Å². The molecule has 1 aliphatic rings. The average molecular weight is 558 g/mol. The Labute approximate surface area is 217 Å². The largest absolute Gasteiger partial charge is 0.406 e. The SMILES string of the molecule is O=C(NCC1(c2ccc(Cl)cc2)CCCOC1)c1cc(-n2ncc(=O)n(CC(F)(F)F)c2=O)cnc1Cl. The quantitative estimate of drug-likeness (QED) is 0.466. The van der Waals surface area contributed by atoms with E-state index in [0.717, 1.165) is 30.7 Å². The van der Waals surface area contributed by atoms with Crippen molar-refractivity contribution >= 4 is 29.1 Å². The lowest BCUT2D eigenvalue weighted by Crippen LogP contribution is -2.46. The monoisotopic (exact) mass is 557 g/mol. The summed E-state index contributed by atoms with van der Waals surface area (Å²) in [6.07, 6.45) is -1.67. The van der Waals surface area contributed by atoms with Crippen molar-refractivity contribution < 1.29 is 22.7 Å². The minimum atomic E-state index is -4.81. The number of nitrogens with one attached hydrogen (secondary N) is 1. The molecule has 0 radical (unpaired) electrons. The molecule has 1 aromatic carbocycles. The zero-order chi connectivity index (χ0) is 26.8. The number of pyridine rings is 1. The molecule has 1 atom stereocenters. The number of amides is 1. The van der Waals surface area contributed by atoms with Crippen molar-refractivity contribution in [2.75, 3.05) is 19.8 Å². The maximum atomic E-state index is 13.1. The van der Waals surface area contributed by atoms with E-state index in [-0.39, 0.29) is 27.5 Å². The van der Waals surface area contributed by atoms with Crippen LogP contribution in [0.25, 0.3) is 5.69 Å². The number of rotatable bonds is 6. The second-order valence-corrected chi connectivity index (χ2v) is 9.33. The van der Waals surface area contributed by atoms with Crippen molar-refractivity contribution in [1.82, 2.24) is 24.6 Å². The normalized spacial score (nSPS) is 18.0. The molecular formula is C23H20Cl2F3N5O4. The van der Waals surface area contributed by atoms with Crippen LogP contribution in [-0.2, 0) is 16.7 Å². The number of carbonyl (C=O) groups is 1. The average Bonchev–Trinajstić information content (AvgIpc) is 2.86. The Kier molecular flexibility index (Phi) is 7.72.